The number of hydrogen-bond acceptors (Lipinski definition) is 19. The van der Waals surface area contributed by atoms with Crippen molar-refractivity contribution in [3.63, 3.8) is 0 Å². The van der Waals surface area contributed by atoms with Crippen LogP contribution in [-0.4, -0.2) is 191 Å². The SMILES string of the molecule is CC1(C)CC[C@]2(C(=O)O[C@@H]3O[C@H](CO)[C@@H](O)[C@H](O)[C@H]3O)CC[C@]3(C)C(=CC[C@@H]4[C@@]5(C)CC[C@H](O[C@@H]6O[C@H](C(=O)O)[C@@H](O)[C@H](O)[C@H]6O[C@@H]6O[C@H](CO)[C@H](O)[C@H](O)[C@H]6O)C(C)(C)C5CC[C@]43C)C2[C@@H]1O. The first-order valence-electron chi connectivity index (χ1n) is 24.4. The largest absolute Gasteiger partial charge is 0.479 e. The van der Waals surface area contributed by atoms with Gasteiger partial charge in [-0.15, -0.1) is 0 Å². The molecule has 3 heterocycles. The van der Waals surface area contributed by atoms with Gasteiger partial charge in [-0.25, -0.2) is 4.79 Å². The number of carbonyl (C=O) groups excluding carboxylic acids is 1. The van der Waals surface area contributed by atoms with E-state index in [9.17, 15) is 70.9 Å². The van der Waals surface area contributed by atoms with Gasteiger partial charge in [0.15, 0.2) is 18.7 Å². The van der Waals surface area contributed by atoms with Crippen LogP contribution < -0.4 is 0 Å². The van der Waals surface area contributed by atoms with Crippen molar-refractivity contribution in [2.75, 3.05) is 13.2 Å². The third kappa shape index (κ3) is 7.85. The summed E-state index contributed by atoms with van der Waals surface area (Å²) in [4.78, 5) is 27.0. The molecule has 24 atom stereocenters. The average molecular weight is 973 g/mol. The molecule has 0 aromatic carbocycles. The van der Waals surface area contributed by atoms with E-state index in [0.29, 0.717) is 44.9 Å². The summed E-state index contributed by atoms with van der Waals surface area (Å²) in [7, 11) is 0. The van der Waals surface area contributed by atoms with Crippen molar-refractivity contribution < 1.29 is 99.3 Å². The highest BCUT2D eigenvalue weighted by atomic mass is 16.8. The second-order valence-corrected chi connectivity index (χ2v) is 23.5. The molecule has 0 aromatic rings. The topological polar surface area (TPSA) is 332 Å². The average Bonchev–Trinajstić information content (AvgIpc) is 3.28. The van der Waals surface area contributed by atoms with E-state index in [1.54, 1.807) is 0 Å². The van der Waals surface area contributed by atoms with Crippen LogP contribution in [0.15, 0.2) is 11.6 Å². The Hall–Kier alpha value is -1.96. The number of carboxylic acids is 1. The molecule has 3 saturated heterocycles. The molecule has 388 valence electrons. The first-order chi connectivity index (χ1) is 31.7. The Morgan fingerprint density at radius 3 is 1.82 bits per heavy atom. The molecule has 68 heavy (non-hydrogen) atoms. The summed E-state index contributed by atoms with van der Waals surface area (Å²) in [6, 6.07) is 0. The summed E-state index contributed by atoms with van der Waals surface area (Å²) in [5, 5.41) is 128. The normalized spacial score (nSPS) is 53.1. The number of carbonyl (C=O) groups is 2. The fraction of sp³-hybridized carbons (Fsp3) is 0.917. The maximum atomic E-state index is 14.7. The number of fused-ring (bicyclic) bond motifs is 7. The first-order valence-corrected chi connectivity index (χ1v) is 24.4. The predicted octanol–water partition coefficient (Wildman–Crippen LogP) is -0.796. The molecule has 3 aliphatic heterocycles. The zero-order chi connectivity index (χ0) is 50.0. The Bertz CT molecular complexity index is 1910. The van der Waals surface area contributed by atoms with Crippen molar-refractivity contribution >= 4 is 11.9 Å². The molecule has 4 saturated carbocycles. The predicted molar refractivity (Wildman–Crippen MR) is 232 cm³/mol. The quantitative estimate of drug-likeness (QED) is 0.0765. The van der Waals surface area contributed by atoms with Gasteiger partial charge in [0.2, 0.25) is 6.29 Å². The minimum atomic E-state index is -2.00. The third-order valence-corrected chi connectivity index (χ3v) is 19.5. The molecule has 0 radical (unpaired) electrons. The zero-order valence-corrected chi connectivity index (χ0v) is 40.0. The standard InChI is InChI=1S/C48H76O20/c1-43(2)14-16-48(42(62)68-40-34(58)30(54)28(52)22(19-50)64-40)17-15-46(6)20(26(48)37(43)59)8-9-24-45(5)12-11-25(44(3,4)23(45)10-13-47(24,46)7)65-41-36(32(56)31(55)35(66-41)38(60)61)67-39-33(57)29(53)27(51)21(18-49)63-39/h8,21-37,39-41,49-59H,9-19H2,1-7H3,(H,60,61)/t21-,22-,23?,24-,25+,26?,27+,28-,29+,30+,31+,32+,33-,34-,35+,36-,37+,39+,40+,41-,45+,46-,47-,48+/m1/s1. The maximum absolute atomic E-state index is 14.7. The van der Waals surface area contributed by atoms with Crippen LogP contribution >= 0.6 is 0 Å². The van der Waals surface area contributed by atoms with Crippen LogP contribution in [0.2, 0.25) is 0 Å². The lowest BCUT2D eigenvalue weighted by Crippen LogP contribution is -2.68. The fourth-order valence-electron chi connectivity index (χ4n) is 15.0. The minimum absolute atomic E-state index is 0.0277. The van der Waals surface area contributed by atoms with E-state index in [1.165, 1.54) is 0 Å². The van der Waals surface area contributed by atoms with Gasteiger partial charge in [-0.05, 0) is 96.7 Å². The summed E-state index contributed by atoms with van der Waals surface area (Å²) in [6.07, 6.45) is -19.9. The lowest BCUT2D eigenvalue weighted by Gasteiger charge is -2.71. The molecule has 0 amide bonds. The van der Waals surface area contributed by atoms with Crippen molar-refractivity contribution in [1.29, 1.82) is 0 Å². The van der Waals surface area contributed by atoms with Gasteiger partial charge in [-0.1, -0.05) is 60.1 Å². The van der Waals surface area contributed by atoms with Gasteiger partial charge in [0.25, 0.3) is 0 Å². The van der Waals surface area contributed by atoms with E-state index in [-0.39, 0.29) is 22.7 Å². The third-order valence-electron chi connectivity index (χ3n) is 19.5. The maximum Gasteiger partial charge on any atom is 0.335 e. The van der Waals surface area contributed by atoms with Crippen LogP contribution in [0.1, 0.15) is 106 Å². The Morgan fingerprint density at radius 1 is 0.632 bits per heavy atom. The number of aliphatic hydroxyl groups excluding tert-OH is 11. The summed E-state index contributed by atoms with van der Waals surface area (Å²) in [5.74, 6) is -2.74. The number of hydrogen-bond donors (Lipinski definition) is 12. The smallest absolute Gasteiger partial charge is 0.335 e. The summed E-state index contributed by atoms with van der Waals surface area (Å²) >= 11 is 0. The Balaban J connectivity index is 1.06. The van der Waals surface area contributed by atoms with E-state index < -0.39 is 157 Å². The van der Waals surface area contributed by atoms with Gasteiger partial charge in [0.05, 0.1) is 30.8 Å². The number of carboxylic acid groups (broad SMARTS) is 1. The Kier molecular flexibility index (Phi) is 14.0. The van der Waals surface area contributed by atoms with Crippen LogP contribution in [0.5, 0.6) is 0 Å². The molecule has 8 aliphatic rings. The molecule has 0 spiro atoms. The zero-order valence-electron chi connectivity index (χ0n) is 40.0. The van der Waals surface area contributed by atoms with Crippen molar-refractivity contribution in [2.24, 2.45) is 50.2 Å². The fourth-order valence-corrected chi connectivity index (χ4v) is 15.0. The van der Waals surface area contributed by atoms with Crippen molar-refractivity contribution in [3.8, 4) is 0 Å². The Morgan fingerprint density at radius 2 is 1.22 bits per heavy atom. The van der Waals surface area contributed by atoms with Crippen LogP contribution in [0, 0.1) is 50.2 Å². The molecule has 20 nitrogen and oxygen atoms in total. The molecular weight excluding hydrogens is 897 g/mol. The second kappa shape index (κ2) is 18.2. The number of aliphatic hydroxyl groups is 11. The van der Waals surface area contributed by atoms with Gasteiger partial charge in [-0.2, -0.15) is 0 Å². The van der Waals surface area contributed by atoms with Crippen LogP contribution in [0.4, 0.5) is 0 Å². The summed E-state index contributed by atoms with van der Waals surface area (Å²) in [5.41, 5.74) is -2.49. The van der Waals surface area contributed by atoms with Crippen molar-refractivity contribution in [2.45, 2.75) is 211 Å². The first kappa shape index (κ1) is 52.4. The molecule has 20 heteroatoms. The van der Waals surface area contributed by atoms with Crippen molar-refractivity contribution in [1.82, 2.24) is 0 Å². The van der Waals surface area contributed by atoms with Gasteiger partial charge in [0.1, 0.15) is 67.1 Å². The number of esters is 1. The summed E-state index contributed by atoms with van der Waals surface area (Å²) in [6.45, 7) is 13.6. The van der Waals surface area contributed by atoms with E-state index in [1.807, 2.05) is 13.8 Å². The molecule has 2 unspecified atom stereocenters. The molecule has 7 fully saturated rings. The molecule has 12 N–H and O–H groups in total. The van der Waals surface area contributed by atoms with E-state index in [4.69, 9.17) is 28.4 Å². The number of rotatable bonds is 9. The molecule has 8 rings (SSSR count). The monoisotopic (exact) mass is 972 g/mol. The van der Waals surface area contributed by atoms with Gasteiger partial charge in [0, 0.05) is 5.92 Å². The minimum Gasteiger partial charge on any atom is -0.479 e. The van der Waals surface area contributed by atoms with Crippen LogP contribution in [-0.2, 0) is 38.0 Å². The van der Waals surface area contributed by atoms with Gasteiger partial charge in [-0.3, -0.25) is 4.79 Å². The Labute approximate surface area is 396 Å². The molecule has 5 aliphatic carbocycles. The molecule has 0 bridgehead atoms. The lowest BCUT2D eigenvalue weighted by atomic mass is 9.33. The molecule has 0 aromatic heterocycles. The van der Waals surface area contributed by atoms with E-state index in [0.717, 1.165) is 18.4 Å². The highest BCUT2D eigenvalue weighted by molar-refractivity contribution is 5.79. The van der Waals surface area contributed by atoms with Gasteiger partial charge >= 0.3 is 11.9 Å². The van der Waals surface area contributed by atoms with Gasteiger partial charge < -0.3 is 89.7 Å². The highest BCUT2D eigenvalue weighted by Crippen LogP contribution is 2.76. The van der Waals surface area contributed by atoms with E-state index in [2.05, 4.69) is 40.7 Å². The summed E-state index contributed by atoms with van der Waals surface area (Å²) < 4.78 is 35.5. The number of ether oxygens (including phenoxy) is 6. The lowest BCUT2D eigenvalue weighted by molar-refractivity contribution is -0.374. The number of allylic oxidation sites excluding steroid dienone is 1. The highest BCUT2D eigenvalue weighted by Gasteiger charge is 2.71. The molecular formula is C48H76O20. The van der Waals surface area contributed by atoms with Crippen LogP contribution in [0.3, 0.4) is 0 Å². The second-order valence-electron chi connectivity index (χ2n) is 23.5. The van der Waals surface area contributed by atoms with Crippen LogP contribution in [0.25, 0.3) is 0 Å². The number of aliphatic carboxylic acids is 1. The van der Waals surface area contributed by atoms with Crippen molar-refractivity contribution in [3.05, 3.63) is 11.6 Å². The van der Waals surface area contributed by atoms with E-state index >= 15 is 0 Å².